The fraction of sp³-hybridized carbons (Fsp3) is 0.273. The SMILES string of the molecule is COCc1ccc2oc(-c3cnc(C)c4cnc(NC(=O)C5CC5)cc34)nc2c1. The molecule has 0 radical (unpaired) electrons. The minimum absolute atomic E-state index is 0.0247. The molecule has 0 unspecified atom stereocenters. The van der Waals surface area contributed by atoms with Gasteiger partial charge in [0, 0.05) is 41.9 Å². The maximum atomic E-state index is 12.1. The van der Waals surface area contributed by atoms with Crippen molar-refractivity contribution in [2.75, 3.05) is 12.4 Å². The van der Waals surface area contributed by atoms with E-state index < -0.39 is 0 Å². The van der Waals surface area contributed by atoms with Gasteiger partial charge in [-0.05, 0) is 43.5 Å². The van der Waals surface area contributed by atoms with Crippen LogP contribution in [0.15, 0.2) is 41.1 Å². The fourth-order valence-corrected chi connectivity index (χ4v) is 3.42. The van der Waals surface area contributed by atoms with Gasteiger partial charge in [-0.3, -0.25) is 9.78 Å². The molecule has 1 fully saturated rings. The molecule has 1 aliphatic carbocycles. The van der Waals surface area contributed by atoms with E-state index in [-0.39, 0.29) is 11.8 Å². The van der Waals surface area contributed by atoms with Crippen LogP contribution in [0.5, 0.6) is 0 Å². The van der Waals surface area contributed by atoms with E-state index >= 15 is 0 Å². The van der Waals surface area contributed by atoms with Crippen molar-refractivity contribution in [2.45, 2.75) is 26.4 Å². The lowest BCUT2D eigenvalue weighted by atomic mass is 10.1. The first-order chi connectivity index (χ1) is 14.1. The molecule has 0 atom stereocenters. The second-order valence-electron chi connectivity index (χ2n) is 7.39. The number of nitrogens with zero attached hydrogens (tertiary/aromatic N) is 3. The van der Waals surface area contributed by atoms with Crippen LogP contribution >= 0.6 is 0 Å². The van der Waals surface area contributed by atoms with Gasteiger partial charge >= 0.3 is 0 Å². The monoisotopic (exact) mass is 388 g/mol. The Labute approximate surface area is 167 Å². The van der Waals surface area contributed by atoms with Crippen LogP contribution in [0, 0.1) is 12.8 Å². The summed E-state index contributed by atoms with van der Waals surface area (Å²) in [6, 6.07) is 7.68. The summed E-state index contributed by atoms with van der Waals surface area (Å²) in [5.74, 6) is 1.15. The number of carbonyl (C=O) groups is 1. The number of oxazole rings is 1. The van der Waals surface area contributed by atoms with E-state index in [2.05, 4.69) is 20.3 Å². The predicted molar refractivity (Wildman–Crippen MR) is 109 cm³/mol. The second kappa shape index (κ2) is 6.93. The summed E-state index contributed by atoms with van der Waals surface area (Å²) in [6.07, 6.45) is 5.39. The highest BCUT2D eigenvalue weighted by Gasteiger charge is 2.29. The number of methoxy groups -OCH3 is 1. The van der Waals surface area contributed by atoms with Crippen molar-refractivity contribution >= 4 is 33.6 Å². The molecule has 1 saturated carbocycles. The average Bonchev–Trinajstić information content (AvgIpc) is 3.48. The number of amides is 1. The first-order valence-electron chi connectivity index (χ1n) is 9.57. The third-order valence-electron chi connectivity index (χ3n) is 5.16. The smallest absolute Gasteiger partial charge is 0.229 e. The van der Waals surface area contributed by atoms with Crippen molar-refractivity contribution < 1.29 is 13.9 Å². The van der Waals surface area contributed by atoms with E-state index in [4.69, 9.17) is 9.15 Å². The summed E-state index contributed by atoms with van der Waals surface area (Å²) in [4.78, 5) is 25.7. The Kier molecular flexibility index (Phi) is 4.24. The van der Waals surface area contributed by atoms with Gasteiger partial charge in [0.05, 0.1) is 12.2 Å². The van der Waals surface area contributed by atoms with Crippen molar-refractivity contribution in [1.82, 2.24) is 15.0 Å². The molecular formula is C22H20N4O3. The number of ether oxygens (including phenoxy) is 1. The number of fused-ring (bicyclic) bond motifs is 2. The molecule has 3 aromatic heterocycles. The number of rotatable bonds is 5. The van der Waals surface area contributed by atoms with Crippen LogP contribution in [0.4, 0.5) is 5.82 Å². The van der Waals surface area contributed by atoms with E-state index in [0.717, 1.165) is 46.0 Å². The Morgan fingerprint density at radius 3 is 2.86 bits per heavy atom. The number of anilines is 1. The van der Waals surface area contributed by atoms with Crippen LogP contribution in [0.2, 0.25) is 0 Å². The summed E-state index contributed by atoms with van der Waals surface area (Å²) in [5.41, 5.74) is 4.11. The van der Waals surface area contributed by atoms with Crippen LogP contribution in [-0.2, 0) is 16.1 Å². The molecule has 7 nitrogen and oxygen atoms in total. The molecule has 4 aromatic rings. The summed E-state index contributed by atoms with van der Waals surface area (Å²) in [6.45, 7) is 2.45. The molecule has 1 aliphatic rings. The molecular weight excluding hydrogens is 368 g/mol. The molecule has 0 spiro atoms. The van der Waals surface area contributed by atoms with Crippen LogP contribution in [0.25, 0.3) is 33.3 Å². The van der Waals surface area contributed by atoms with E-state index in [1.165, 1.54) is 0 Å². The number of aryl methyl sites for hydroxylation is 1. The molecule has 0 saturated heterocycles. The van der Waals surface area contributed by atoms with Gasteiger partial charge in [-0.2, -0.15) is 0 Å². The van der Waals surface area contributed by atoms with Gasteiger partial charge in [-0.15, -0.1) is 0 Å². The first-order valence-corrected chi connectivity index (χ1v) is 9.57. The Hall–Kier alpha value is -3.32. The van der Waals surface area contributed by atoms with Gasteiger partial charge in [0.15, 0.2) is 5.58 Å². The molecule has 5 rings (SSSR count). The van der Waals surface area contributed by atoms with E-state index in [0.29, 0.717) is 23.9 Å². The lowest BCUT2D eigenvalue weighted by molar-refractivity contribution is -0.117. The lowest BCUT2D eigenvalue weighted by Crippen LogP contribution is -2.14. The lowest BCUT2D eigenvalue weighted by Gasteiger charge is -2.08. The van der Waals surface area contributed by atoms with Crippen molar-refractivity contribution in [2.24, 2.45) is 5.92 Å². The number of aromatic nitrogens is 3. The number of benzene rings is 1. The summed E-state index contributed by atoms with van der Waals surface area (Å²) < 4.78 is 11.2. The summed E-state index contributed by atoms with van der Waals surface area (Å²) in [7, 11) is 1.66. The molecule has 0 bridgehead atoms. The number of nitrogens with one attached hydrogen (secondary N) is 1. The number of hydrogen-bond acceptors (Lipinski definition) is 6. The third kappa shape index (κ3) is 3.34. The second-order valence-corrected chi connectivity index (χ2v) is 7.39. The van der Waals surface area contributed by atoms with Crippen LogP contribution in [0.1, 0.15) is 24.1 Å². The van der Waals surface area contributed by atoms with Gasteiger partial charge in [0.2, 0.25) is 11.8 Å². The topological polar surface area (TPSA) is 90.1 Å². The molecule has 1 N–H and O–H groups in total. The van der Waals surface area contributed by atoms with Crippen molar-refractivity contribution in [3.05, 3.63) is 47.9 Å². The average molecular weight is 388 g/mol. The zero-order valence-electron chi connectivity index (χ0n) is 16.2. The molecule has 3 heterocycles. The highest BCUT2D eigenvalue weighted by Crippen LogP contribution is 2.33. The molecule has 146 valence electrons. The van der Waals surface area contributed by atoms with Gasteiger partial charge < -0.3 is 14.5 Å². The first kappa shape index (κ1) is 17.8. The Morgan fingerprint density at radius 1 is 1.21 bits per heavy atom. The highest BCUT2D eigenvalue weighted by atomic mass is 16.5. The number of hydrogen-bond donors (Lipinski definition) is 1. The fourth-order valence-electron chi connectivity index (χ4n) is 3.42. The molecule has 1 aromatic carbocycles. The normalized spacial score (nSPS) is 13.9. The largest absolute Gasteiger partial charge is 0.436 e. The number of pyridine rings is 2. The van der Waals surface area contributed by atoms with Crippen molar-refractivity contribution in [3.63, 3.8) is 0 Å². The molecule has 29 heavy (non-hydrogen) atoms. The zero-order chi connectivity index (χ0) is 20.0. The van der Waals surface area contributed by atoms with Crippen LogP contribution in [-0.4, -0.2) is 28.0 Å². The highest BCUT2D eigenvalue weighted by molar-refractivity contribution is 6.00. The zero-order valence-corrected chi connectivity index (χ0v) is 16.2. The van der Waals surface area contributed by atoms with Crippen LogP contribution in [0.3, 0.4) is 0 Å². The van der Waals surface area contributed by atoms with Crippen molar-refractivity contribution in [3.8, 4) is 11.5 Å². The third-order valence-corrected chi connectivity index (χ3v) is 5.16. The predicted octanol–water partition coefficient (Wildman–Crippen LogP) is 4.24. The number of carbonyl (C=O) groups excluding carboxylic acids is 1. The van der Waals surface area contributed by atoms with Gasteiger partial charge in [-0.1, -0.05) is 6.07 Å². The maximum absolute atomic E-state index is 12.1. The van der Waals surface area contributed by atoms with E-state index in [9.17, 15) is 4.79 Å². The molecule has 1 amide bonds. The quantitative estimate of drug-likeness (QED) is 0.550. The molecule has 0 aliphatic heterocycles. The molecule has 7 heteroatoms. The van der Waals surface area contributed by atoms with E-state index in [1.807, 2.05) is 31.2 Å². The van der Waals surface area contributed by atoms with Crippen LogP contribution < -0.4 is 5.32 Å². The minimum Gasteiger partial charge on any atom is -0.436 e. The Bertz CT molecular complexity index is 1240. The summed E-state index contributed by atoms with van der Waals surface area (Å²) in [5, 5.41) is 4.70. The summed E-state index contributed by atoms with van der Waals surface area (Å²) >= 11 is 0. The van der Waals surface area contributed by atoms with Gasteiger partial charge in [0.1, 0.15) is 11.3 Å². The van der Waals surface area contributed by atoms with Gasteiger partial charge in [-0.25, -0.2) is 9.97 Å². The standard InChI is InChI=1S/C22H20N4O3/c1-12-16-9-24-20(26-21(27)14-4-5-14)8-15(16)17(10-23-12)22-25-18-7-13(11-28-2)3-6-19(18)29-22/h3,6-10,14H,4-5,11H2,1-2H3,(H,24,26,27). The van der Waals surface area contributed by atoms with Crippen molar-refractivity contribution in [1.29, 1.82) is 0 Å². The minimum atomic E-state index is 0.0247. The Balaban J connectivity index is 1.60. The van der Waals surface area contributed by atoms with E-state index in [1.54, 1.807) is 19.5 Å². The Morgan fingerprint density at radius 2 is 2.07 bits per heavy atom. The van der Waals surface area contributed by atoms with Gasteiger partial charge in [0.25, 0.3) is 0 Å². The maximum Gasteiger partial charge on any atom is 0.229 e.